The van der Waals surface area contributed by atoms with E-state index in [1.54, 1.807) is 6.21 Å². The first kappa shape index (κ1) is 12.6. The quantitative estimate of drug-likeness (QED) is 0.765. The van der Waals surface area contributed by atoms with Crippen molar-refractivity contribution in [2.75, 3.05) is 13.3 Å². The Kier molecular flexibility index (Phi) is 4.00. The average Bonchev–Trinajstić information content (AvgIpc) is 2.47. The number of nitrogens with one attached hydrogen (secondary N) is 1. The van der Waals surface area contributed by atoms with Gasteiger partial charge in [0.1, 0.15) is 0 Å². The first-order valence-corrected chi connectivity index (χ1v) is 7.73. The normalized spacial score (nSPS) is 42.2. The van der Waals surface area contributed by atoms with Gasteiger partial charge in [-0.05, 0) is 56.6 Å². The zero-order valence-electron chi connectivity index (χ0n) is 11.3. The molecule has 0 amide bonds. The van der Waals surface area contributed by atoms with Crippen LogP contribution in [0.5, 0.6) is 0 Å². The van der Waals surface area contributed by atoms with Crippen LogP contribution in [-0.4, -0.2) is 36.5 Å². The van der Waals surface area contributed by atoms with Gasteiger partial charge in [-0.15, -0.1) is 0 Å². The summed E-state index contributed by atoms with van der Waals surface area (Å²) in [6, 6.07) is 0.726. The van der Waals surface area contributed by atoms with E-state index in [2.05, 4.69) is 4.90 Å². The second-order valence-corrected chi connectivity index (χ2v) is 6.39. The maximum absolute atomic E-state index is 7.36. The van der Waals surface area contributed by atoms with Crippen molar-refractivity contribution >= 4 is 6.21 Å². The third-order valence-corrected chi connectivity index (χ3v) is 5.26. The van der Waals surface area contributed by atoms with Crippen molar-refractivity contribution < 1.29 is 4.74 Å². The molecule has 2 saturated carbocycles. The van der Waals surface area contributed by atoms with Crippen molar-refractivity contribution in [1.29, 1.82) is 5.41 Å². The molecule has 0 spiro atoms. The molecule has 1 saturated heterocycles. The van der Waals surface area contributed by atoms with Crippen LogP contribution in [0.4, 0.5) is 0 Å². The molecule has 0 bridgehead atoms. The molecule has 3 nitrogen and oxygen atoms in total. The number of rotatable bonds is 2. The molecule has 0 aromatic carbocycles. The zero-order chi connectivity index (χ0) is 12.4. The van der Waals surface area contributed by atoms with Gasteiger partial charge in [0.2, 0.25) is 0 Å². The summed E-state index contributed by atoms with van der Waals surface area (Å²) < 4.78 is 6.08. The van der Waals surface area contributed by atoms with Gasteiger partial charge in [-0.1, -0.05) is 12.8 Å². The lowest BCUT2D eigenvalue weighted by Gasteiger charge is -2.45. The number of ether oxygens (including phenoxy) is 1. The summed E-state index contributed by atoms with van der Waals surface area (Å²) >= 11 is 0. The van der Waals surface area contributed by atoms with Gasteiger partial charge in [-0.3, -0.25) is 4.90 Å². The Labute approximate surface area is 110 Å². The molecule has 2 aliphatic carbocycles. The van der Waals surface area contributed by atoms with Crippen LogP contribution < -0.4 is 0 Å². The molecule has 0 aromatic rings. The summed E-state index contributed by atoms with van der Waals surface area (Å²) in [7, 11) is 0. The van der Waals surface area contributed by atoms with Crippen LogP contribution in [-0.2, 0) is 4.74 Å². The number of fused-ring (bicyclic) bond motifs is 1. The standard InChI is InChI=1S/C15H26N2O/c16-9-12-5-7-14(8-6-12)17-10-13-3-1-2-4-15(13)18-11-17/h9,12-16H,1-8,10-11H2. The topological polar surface area (TPSA) is 36.3 Å². The van der Waals surface area contributed by atoms with Gasteiger partial charge in [0, 0.05) is 12.6 Å². The minimum absolute atomic E-state index is 0.550. The van der Waals surface area contributed by atoms with Gasteiger partial charge < -0.3 is 10.1 Å². The van der Waals surface area contributed by atoms with E-state index in [0.717, 1.165) is 18.7 Å². The predicted octanol–water partition coefficient (Wildman–Crippen LogP) is 3.04. The molecule has 2 unspecified atom stereocenters. The van der Waals surface area contributed by atoms with Crippen molar-refractivity contribution in [1.82, 2.24) is 4.90 Å². The smallest absolute Gasteiger partial charge is 0.0996 e. The summed E-state index contributed by atoms with van der Waals surface area (Å²) in [4.78, 5) is 2.59. The molecule has 3 rings (SSSR count). The largest absolute Gasteiger partial charge is 0.363 e. The summed E-state index contributed by atoms with van der Waals surface area (Å²) in [6.45, 7) is 2.13. The molecule has 18 heavy (non-hydrogen) atoms. The molecule has 3 aliphatic rings. The third-order valence-electron chi connectivity index (χ3n) is 5.26. The Morgan fingerprint density at radius 1 is 1.00 bits per heavy atom. The van der Waals surface area contributed by atoms with E-state index in [1.165, 1.54) is 57.9 Å². The van der Waals surface area contributed by atoms with Crippen molar-refractivity contribution in [3.63, 3.8) is 0 Å². The van der Waals surface area contributed by atoms with Gasteiger partial charge in [0.05, 0.1) is 12.8 Å². The van der Waals surface area contributed by atoms with E-state index in [4.69, 9.17) is 10.1 Å². The van der Waals surface area contributed by atoms with E-state index in [1.807, 2.05) is 0 Å². The molecule has 0 radical (unpaired) electrons. The minimum Gasteiger partial charge on any atom is -0.363 e. The van der Waals surface area contributed by atoms with Gasteiger partial charge in [0.25, 0.3) is 0 Å². The summed E-state index contributed by atoms with van der Waals surface area (Å²) in [5.74, 6) is 1.35. The second kappa shape index (κ2) is 5.70. The molecule has 3 fully saturated rings. The van der Waals surface area contributed by atoms with Crippen LogP contribution in [0.2, 0.25) is 0 Å². The molecular formula is C15H26N2O. The van der Waals surface area contributed by atoms with E-state index >= 15 is 0 Å². The lowest BCUT2D eigenvalue weighted by atomic mass is 9.82. The fourth-order valence-corrected chi connectivity index (χ4v) is 4.04. The van der Waals surface area contributed by atoms with Crippen molar-refractivity contribution in [3.8, 4) is 0 Å². The van der Waals surface area contributed by atoms with E-state index in [9.17, 15) is 0 Å². The highest BCUT2D eigenvalue weighted by molar-refractivity contribution is 5.56. The van der Waals surface area contributed by atoms with E-state index in [0.29, 0.717) is 12.0 Å². The van der Waals surface area contributed by atoms with Gasteiger partial charge >= 0.3 is 0 Å². The van der Waals surface area contributed by atoms with Crippen LogP contribution in [0.1, 0.15) is 51.4 Å². The van der Waals surface area contributed by atoms with Crippen LogP contribution in [0.3, 0.4) is 0 Å². The number of hydrogen-bond donors (Lipinski definition) is 1. The van der Waals surface area contributed by atoms with Crippen LogP contribution >= 0.6 is 0 Å². The SMILES string of the molecule is N=CC1CCC(N2COC3CCCCC3C2)CC1. The highest BCUT2D eigenvalue weighted by Gasteiger charge is 2.35. The van der Waals surface area contributed by atoms with Crippen molar-refractivity contribution in [2.24, 2.45) is 11.8 Å². The lowest BCUT2D eigenvalue weighted by Crippen LogP contribution is -2.51. The molecular weight excluding hydrogens is 224 g/mol. The Morgan fingerprint density at radius 3 is 2.56 bits per heavy atom. The Hall–Kier alpha value is -0.410. The van der Waals surface area contributed by atoms with Gasteiger partial charge in [-0.2, -0.15) is 0 Å². The highest BCUT2D eigenvalue weighted by atomic mass is 16.5. The number of nitrogens with zero attached hydrogens (tertiary/aromatic N) is 1. The molecule has 3 heteroatoms. The monoisotopic (exact) mass is 250 g/mol. The average molecular weight is 250 g/mol. The predicted molar refractivity (Wildman–Crippen MR) is 72.9 cm³/mol. The first-order valence-electron chi connectivity index (χ1n) is 7.73. The highest BCUT2D eigenvalue weighted by Crippen LogP contribution is 2.34. The lowest BCUT2D eigenvalue weighted by molar-refractivity contribution is -0.133. The summed E-state index contributed by atoms with van der Waals surface area (Å²) in [5.41, 5.74) is 0. The summed E-state index contributed by atoms with van der Waals surface area (Å²) in [6.07, 6.45) is 12.6. The fourth-order valence-electron chi connectivity index (χ4n) is 4.04. The minimum atomic E-state index is 0.550. The molecule has 2 atom stereocenters. The van der Waals surface area contributed by atoms with Crippen molar-refractivity contribution in [2.45, 2.75) is 63.5 Å². The van der Waals surface area contributed by atoms with Gasteiger partial charge in [0.15, 0.2) is 0 Å². The molecule has 1 aliphatic heterocycles. The van der Waals surface area contributed by atoms with Gasteiger partial charge in [-0.25, -0.2) is 0 Å². The second-order valence-electron chi connectivity index (χ2n) is 6.39. The molecule has 102 valence electrons. The van der Waals surface area contributed by atoms with E-state index < -0.39 is 0 Å². The summed E-state index contributed by atoms with van der Waals surface area (Å²) in [5, 5.41) is 7.36. The molecule has 0 aromatic heterocycles. The Morgan fingerprint density at radius 2 is 1.78 bits per heavy atom. The third kappa shape index (κ3) is 2.62. The molecule has 1 heterocycles. The Bertz CT molecular complexity index is 286. The van der Waals surface area contributed by atoms with Crippen LogP contribution in [0.15, 0.2) is 0 Å². The fraction of sp³-hybridized carbons (Fsp3) is 0.933. The number of hydrogen-bond acceptors (Lipinski definition) is 3. The molecule has 1 N–H and O–H groups in total. The van der Waals surface area contributed by atoms with Crippen molar-refractivity contribution in [3.05, 3.63) is 0 Å². The van der Waals surface area contributed by atoms with Crippen LogP contribution in [0, 0.1) is 17.2 Å². The first-order chi connectivity index (χ1) is 8.86. The van der Waals surface area contributed by atoms with Crippen LogP contribution in [0.25, 0.3) is 0 Å². The Balaban J connectivity index is 1.53. The zero-order valence-corrected chi connectivity index (χ0v) is 11.3. The maximum Gasteiger partial charge on any atom is 0.0996 e. The van der Waals surface area contributed by atoms with E-state index in [-0.39, 0.29) is 0 Å². The maximum atomic E-state index is 7.36.